The van der Waals surface area contributed by atoms with Crippen molar-refractivity contribution in [2.24, 2.45) is 0 Å². The predicted octanol–water partition coefficient (Wildman–Crippen LogP) is 3.21. The van der Waals surface area contributed by atoms with Crippen LogP contribution in [0.3, 0.4) is 0 Å². The van der Waals surface area contributed by atoms with Crippen LogP contribution in [0.25, 0.3) is 0 Å². The first kappa shape index (κ1) is 14.4. The van der Waals surface area contributed by atoms with Gasteiger partial charge in [0, 0.05) is 18.8 Å². The fraction of sp³-hybridized carbons (Fsp3) is 0.188. The van der Waals surface area contributed by atoms with E-state index >= 15 is 0 Å². The van der Waals surface area contributed by atoms with Gasteiger partial charge in [-0.05, 0) is 23.8 Å². The Bertz CT molecular complexity index is 608. The van der Waals surface area contributed by atoms with Crippen LogP contribution in [0.5, 0.6) is 0 Å². The van der Waals surface area contributed by atoms with E-state index in [2.05, 4.69) is 0 Å². The molecule has 102 valence electrons. The van der Waals surface area contributed by atoms with Crippen molar-refractivity contribution in [3.05, 3.63) is 64.7 Å². The third-order valence-electron chi connectivity index (χ3n) is 3.02. The van der Waals surface area contributed by atoms with Crippen molar-refractivity contribution in [2.45, 2.75) is 6.54 Å². The SMILES string of the molecule is N#Cc1ccc(N(CCO)Cc2ccccc2)cc1Cl. The summed E-state index contributed by atoms with van der Waals surface area (Å²) in [5.74, 6) is 0. The Morgan fingerprint density at radius 3 is 2.50 bits per heavy atom. The summed E-state index contributed by atoms with van der Waals surface area (Å²) in [6.07, 6.45) is 0. The number of hydrogen-bond donors (Lipinski definition) is 1. The lowest BCUT2D eigenvalue weighted by Gasteiger charge is -2.24. The second-order valence-electron chi connectivity index (χ2n) is 4.41. The fourth-order valence-electron chi connectivity index (χ4n) is 2.02. The van der Waals surface area contributed by atoms with E-state index in [-0.39, 0.29) is 6.61 Å². The third-order valence-corrected chi connectivity index (χ3v) is 3.34. The number of rotatable bonds is 5. The zero-order valence-electron chi connectivity index (χ0n) is 11.0. The summed E-state index contributed by atoms with van der Waals surface area (Å²) in [7, 11) is 0. The molecule has 0 aromatic heterocycles. The van der Waals surface area contributed by atoms with Crippen molar-refractivity contribution in [1.82, 2.24) is 0 Å². The molecule has 0 aliphatic carbocycles. The molecule has 1 N–H and O–H groups in total. The van der Waals surface area contributed by atoms with Crippen LogP contribution in [0, 0.1) is 11.3 Å². The molecule has 0 amide bonds. The minimum atomic E-state index is 0.0600. The zero-order valence-corrected chi connectivity index (χ0v) is 11.7. The Kier molecular flexibility index (Phi) is 5.00. The number of nitrogens with zero attached hydrogens (tertiary/aromatic N) is 2. The smallest absolute Gasteiger partial charge is 0.101 e. The zero-order chi connectivity index (χ0) is 14.4. The second kappa shape index (κ2) is 6.95. The molecule has 0 aliphatic rings. The van der Waals surface area contributed by atoms with Gasteiger partial charge in [0.2, 0.25) is 0 Å². The number of hydrogen-bond acceptors (Lipinski definition) is 3. The number of nitriles is 1. The molecule has 0 saturated heterocycles. The molecule has 4 heteroatoms. The lowest BCUT2D eigenvalue weighted by atomic mass is 10.1. The van der Waals surface area contributed by atoms with Crippen LogP contribution in [0.1, 0.15) is 11.1 Å². The van der Waals surface area contributed by atoms with E-state index in [0.29, 0.717) is 23.7 Å². The standard InChI is InChI=1S/C16H15ClN2O/c17-16-10-15(7-6-14(16)11-18)19(8-9-20)12-13-4-2-1-3-5-13/h1-7,10,20H,8-9,12H2. The Balaban J connectivity index is 2.24. The van der Waals surface area contributed by atoms with E-state index < -0.39 is 0 Å². The Hall–Kier alpha value is -2.02. The number of halogens is 1. The van der Waals surface area contributed by atoms with E-state index in [4.69, 9.17) is 16.9 Å². The maximum Gasteiger partial charge on any atom is 0.101 e. The summed E-state index contributed by atoms with van der Waals surface area (Å²) in [6.45, 7) is 1.26. The van der Waals surface area contributed by atoms with Gasteiger partial charge < -0.3 is 10.0 Å². The maximum absolute atomic E-state index is 9.22. The van der Waals surface area contributed by atoms with E-state index in [1.807, 2.05) is 47.4 Å². The summed E-state index contributed by atoms with van der Waals surface area (Å²) in [5, 5.41) is 18.5. The van der Waals surface area contributed by atoms with Gasteiger partial charge in [-0.2, -0.15) is 5.26 Å². The van der Waals surface area contributed by atoms with Gasteiger partial charge in [0.05, 0.1) is 17.2 Å². The summed E-state index contributed by atoms with van der Waals surface area (Å²) in [5.41, 5.74) is 2.51. The monoisotopic (exact) mass is 286 g/mol. The van der Waals surface area contributed by atoms with Gasteiger partial charge in [-0.1, -0.05) is 41.9 Å². The highest BCUT2D eigenvalue weighted by atomic mass is 35.5. The number of aliphatic hydroxyl groups is 1. The quantitative estimate of drug-likeness (QED) is 0.918. The maximum atomic E-state index is 9.22. The molecular formula is C16H15ClN2O. The van der Waals surface area contributed by atoms with Crippen LogP contribution in [-0.4, -0.2) is 18.3 Å². The van der Waals surface area contributed by atoms with E-state index in [0.717, 1.165) is 11.3 Å². The molecule has 0 atom stereocenters. The van der Waals surface area contributed by atoms with Gasteiger partial charge in [0.15, 0.2) is 0 Å². The van der Waals surface area contributed by atoms with Crippen LogP contribution in [0.4, 0.5) is 5.69 Å². The van der Waals surface area contributed by atoms with E-state index in [1.165, 1.54) is 0 Å². The lowest BCUT2D eigenvalue weighted by molar-refractivity contribution is 0.301. The first-order chi connectivity index (χ1) is 9.74. The summed E-state index contributed by atoms with van der Waals surface area (Å²) in [6, 6.07) is 17.4. The molecular weight excluding hydrogens is 272 g/mol. The Morgan fingerprint density at radius 2 is 1.90 bits per heavy atom. The second-order valence-corrected chi connectivity index (χ2v) is 4.81. The normalized spacial score (nSPS) is 10.1. The molecule has 0 aliphatic heterocycles. The van der Waals surface area contributed by atoms with Gasteiger partial charge in [-0.3, -0.25) is 0 Å². The highest BCUT2D eigenvalue weighted by Gasteiger charge is 2.09. The van der Waals surface area contributed by atoms with Crippen molar-refractivity contribution in [1.29, 1.82) is 5.26 Å². The molecule has 0 heterocycles. The highest BCUT2D eigenvalue weighted by Crippen LogP contribution is 2.24. The summed E-state index contributed by atoms with van der Waals surface area (Å²) >= 11 is 6.07. The molecule has 0 bridgehead atoms. The molecule has 2 aromatic carbocycles. The molecule has 2 aromatic rings. The summed E-state index contributed by atoms with van der Waals surface area (Å²) < 4.78 is 0. The summed E-state index contributed by atoms with van der Waals surface area (Å²) in [4.78, 5) is 2.03. The van der Waals surface area contributed by atoms with Crippen molar-refractivity contribution in [3.8, 4) is 6.07 Å². The van der Waals surface area contributed by atoms with Crippen LogP contribution in [-0.2, 0) is 6.54 Å². The first-order valence-corrected chi connectivity index (χ1v) is 6.72. The number of aliphatic hydroxyl groups excluding tert-OH is 1. The lowest BCUT2D eigenvalue weighted by Crippen LogP contribution is -2.26. The molecule has 2 rings (SSSR count). The van der Waals surface area contributed by atoms with E-state index in [9.17, 15) is 5.11 Å². The average Bonchev–Trinajstić information content (AvgIpc) is 2.48. The predicted molar refractivity (Wildman–Crippen MR) is 80.7 cm³/mol. The molecule has 3 nitrogen and oxygen atoms in total. The van der Waals surface area contributed by atoms with Crippen molar-refractivity contribution < 1.29 is 5.11 Å². The Morgan fingerprint density at radius 1 is 1.15 bits per heavy atom. The Labute approximate surface area is 123 Å². The third kappa shape index (κ3) is 3.51. The molecule has 0 fully saturated rings. The number of benzene rings is 2. The topological polar surface area (TPSA) is 47.3 Å². The van der Waals surface area contributed by atoms with Crippen molar-refractivity contribution in [3.63, 3.8) is 0 Å². The van der Waals surface area contributed by atoms with Crippen molar-refractivity contribution in [2.75, 3.05) is 18.1 Å². The minimum Gasteiger partial charge on any atom is -0.395 e. The largest absolute Gasteiger partial charge is 0.395 e. The fourth-order valence-corrected chi connectivity index (χ4v) is 2.23. The van der Waals surface area contributed by atoms with Gasteiger partial charge >= 0.3 is 0 Å². The van der Waals surface area contributed by atoms with Crippen LogP contribution in [0.2, 0.25) is 5.02 Å². The van der Waals surface area contributed by atoms with Crippen LogP contribution < -0.4 is 4.90 Å². The molecule has 0 radical (unpaired) electrons. The molecule has 20 heavy (non-hydrogen) atoms. The molecule has 0 unspecified atom stereocenters. The van der Waals surface area contributed by atoms with Gasteiger partial charge in [0.1, 0.15) is 6.07 Å². The minimum absolute atomic E-state index is 0.0600. The van der Waals surface area contributed by atoms with Gasteiger partial charge in [-0.15, -0.1) is 0 Å². The van der Waals surface area contributed by atoms with E-state index in [1.54, 1.807) is 12.1 Å². The molecule has 0 saturated carbocycles. The van der Waals surface area contributed by atoms with Gasteiger partial charge in [-0.25, -0.2) is 0 Å². The van der Waals surface area contributed by atoms with Crippen molar-refractivity contribution >= 4 is 17.3 Å². The average molecular weight is 287 g/mol. The highest BCUT2D eigenvalue weighted by molar-refractivity contribution is 6.32. The molecule has 0 spiro atoms. The van der Waals surface area contributed by atoms with Crippen LogP contribution in [0.15, 0.2) is 48.5 Å². The van der Waals surface area contributed by atoms with Gasteiger partial charge in [0.25, 0.3) is 0 Å². The first-order valence-electron chi connectivity index (χ1n) is 6.34. The van der Waals surface area contributed by atoms with Crippen LogP contribution >= 0.6 is 11.6 Å². The number of anilines is 1.